The Morgan fingerprint density at radius 1 is 1.40 bits per heavy atom. The van der Waals surface area contributed by atoms with Gasteiger partial charge in [0.1, 0.15) is 0 Å². The Hall–Kier alpha value is -1.64. The Morgan fingerprint density at radius 3 is 2.50 bits per heavy atom. The molecule has 2 rings (SSSR count). The lowest BCUT2D eigenvalue weighted by Gasteiger charge is -2.37. The van der Waals surface area contributed by atoms with Crippen LogP contribution in [-0.4, -0.2) is 36.7 Å². The van der Waals surface area contributed by atoms with Crippen LogP contribution >= 0.6 is 0 Å². The standard InChI is InChI=1S/C12H16N2O5S/c13-20(18,19)8-2-3-10(9(6-8)11(15)16)14-7-12(17)4-1-5-12/h2-3,6,14,17H,1,4-5,7H2,(H,15,16)(H2,13,18,19). The van der Waals surface area contributed by atoms with Gasteiger partial charge in [-0.3, -0.25) is 0 Å². The molecule has 0 bridgehead atoms. The number of nitrogens with one attached hydrogen (secondary N) is 1. The number of hydrogen-bond acceptors (Lipinski definition) is 5. The quantitative estimate of drug-likeness (QED) is 0.621. The summed E-state index contributed by atoms with van der Waals surface area (Å²) in [7, 11) is -3.95. The lowest BCUT2D eigenvalue weighted by molar-refractivity contribution is -0.0202. The fourth-order valence-corrected chi connectivity index (χ4v) is 2.59. The van der Waals surface area contributed by atoms with Crippen molar-refractivity contribution >= 4 is 21.7 Å². The van der Waals surface area contributed by atoms with Crippen molar-refractivity contribution in [3.63, 3.8) is 0 Å². The van der Waals surface area contributed by atoms with E-state index >= 15 is 0 Å². The highest BCUT2D eigenvalue weighted by molar-refractivity contribution is 7.89. The molecular formula is C12H16N2O5S. The van der Waals surface area contributed by atoms with Crippen LogP contribution < -0.4 is 10.5 Å². The minimum atomic E-state index is -3.95. The first-order valence-electron chi connectivity index (χ1n) is 6.08. The van der Waals surface area contributed by atoms with Gasteiger partial charge in [-0.15, -0.1) is 0 Å². The molecule has 0 saturated heterocycles. The van der Waals surface area contributed by atoms with E-state index in [2.05, 4.69) is 5.32 Å². The molecule has 1 saturated carbocycles. The van der Waals surface area contributed by atoms with Crippen LogP contribution in [0.1, 0.15) is 29.6 Å². The normalized spacial score (nSPS) is 17.3. The molecule has 20 heavy (non-hydrogen) atoms. The predicted octanol–water partition coefficient (Wildman–Crippen LogP) is 0.359. The van der Waals surface area contributed by atoms with E-state index in [0.29, 0.717) is 12.8 Å². The van der Waals surface area contributed by atoms with Gasteiger partial charge in [0.05, 0.1) is 16.1 Å². The van der Waals surface area contributed by atoms with Gasteiger partial charge in [-0.2, -0.15) is 0 Å². The number of rotatable bonds is 5. The number of aliphatic hydroxyl groups is 1. The smallest absolute Gasteiger partial charge is 0.337 e. The van der Waals surface area contributed by atoms with Crippen LogP contribution in [0.5, 0.6) is 0 Å². The van der Waals surface area contributed by atoms with Crippen molar-refractivity contribution in [3.05, 3.63) is 23.8 Å². The predicted molar refractivity (Wildman–Crippen MR) is 72.1 cm³/mol. The Morgan fingerprint density at radius 2 is 2.05 bits per heavy atom. The number of sulfonamides is 1. The average Bonchev–Trinajstić information content (AvgIpc) is 2.32. The number of nitrogens with two attached hydrogens (primary N) is 1. The second-order valence-electron chi connectivity index (χ2n) is 4.99. The van der Waals surface area contributed by atoms with E-state index in [1.54, 1.807) is 0 Å². The zero-order chi connectivity index (χ0) is 15.0. The largest absolute Gasteiger partial charge is 0.478 e. The van der Waals surface area contributed by atoms with Crippen molar-refractivity contribution in [1.29, 1.82) is 0 Å². The summed E-state index contributed by atoms with van der Waals surface area (Å²) < 4.78 is 22.4. The first-order chi connectivity index (χ1) is 9.21. The highest BCUT2D eigenvalue weighted by atomic mass is 32.2. The van der Waals surface area contributed by atoms with Crippen LogP contribution in [0.3, 0.4) is 0 Å². The summed E-state index contributed by atoms with van der Waals surface area (Å²) in [5, 5.41) is 26.9. The van der Waals surface area contributed by atoms with E-state index < -0.39 is 21.6 Å². The summed E-state index contributed by atoms with van der Waals surface area (Å²) in [5.41, 5.74) is -0.751. The first-order valence-corrected chi connectivity index (χ1v) is 7.62. The Kier molecular flexibility index (Phi) is 3.72. The van der Waals surface area contributed by atoms with Crippen molar-refractivity contribution < 1.29 is 23.4 Å². The second-order valence-corrected chi connectivity index (χ2v) is 6.55. The number of carboxylic acids is 1. The van der Waals surface area contributed by atoms with E-state index in [4.69, 9.17) is 10.2 Å². The molecule has 0 radical (unpaired) electrons. The zero-order valence-corrected chi connectivity index (χ0v) is 11.5. The molecule has 0 aliphatic heterocycles. The van der Waals surface area contributed by atoms with Crippen LogP contribution in [0.15, 0.2) is 23.1 Å². The molecule has 0 spiro atoms. The maximum absolute atomic E-state index is 11.2. The molecule has 1 aromatic rings. The lowest BCUT2D eigenvalue weighted by Crippen LogP contribution is -2.43. The monoisotopic (exact) mass is 300 g/mol. The first kappa shape index (κ1) is 14.8. The summed E-state index contributed by atoms with van der Waals surface area (Å²) in [6, 6.07) is 3.57. The van der Waals surface area contributed by atoms with Crippen LogP contribution in [0.25, 0.3) is 0 Å². The number of aromatic carboxylic acids is 1. The molecule has 1 aromatic carbocycles. The molecule has 0 unspecified atom stereocenters. The summed E-state index contributed by atoms with van der Waals surface area (Å²) in [5.74, 6) is -1.27. The van der Waals surface area contributed by atoms with Gasteiger partial charge in [0, 0.05) is 12.2 Å². The van der Waals surface area contributed by atoms with Crippen LogP contribution in [-0.2, 0) is 10.0 Å². The number of carboxylic acid groups (broad SMARTS) is 1. The van der Waals surface area contributed by atoms with Crippen molar-refractivity contribution in [1.82, 2.24) is 0 Å². The van der Waals surface area contributed by atoms with E-state index in [-0.39, 0.29) is 22.7 Å². The molecular weight excluding hydrogens is 284 g/mol. The number of anilines is 1. The van der Waals surface area contributed by atoms with Gasteiger partial charge < -0.3 is 15.5 Å². The fourth-order valence-electron chi connectivity index (χ4n) is 2.05. The highest BCUT2D eigenvalue weighted by Crippen LogP contribution is 2.32. The number of benzene rings is 1. The minimum absolute atomic E-state index is 0.195. The topological polar surface area (TPSA) is 130 Å². The van der Waals surface area contributed by atoms with Crippen LogP contribution in [0.4, 0.5) is 5.69 Å². The molecule has 1 fully saturated rings. The summed E-state index contributed by atoms with van der Waals surface area (Å²) in [6.07, 6.45) is 2.27. The molecule has 8 heteroatoms. The van der Waals surface area contributed by atoms with Gasteiger partial charge in [0.15, 0.2) is 0 Å². The molecule has 0 aromatic heterocycles. The van der Waals surface area contributed by atoms with Crippen molar-refractivity contribution in [3.8, 4) is 0 Å². The SMILES string of the molecule is NS(=O)(=O)c1ccc(NCC2(O)CCC2)c(C(=O)O)c1. The van der Waals surface area contributed by atoms with Gasteiger partial charge in [0.2, 0.25) is 10.0 Å². The number of carbonyl (C=O) groups is 1. The van der Waals surface area contributed by atoms with Crippen LogP contribution in [0.2, 0.25) is 0 Å². The number of primary sulfonamides is 1. The summed E-state index contributed by atoms with van der Waals surface area (Å²) >= 11 is 0. The van der Waals surface area contributed by atoms with E-state index in [9.17, 15) is 18.3 Å². The van der Waals surface area contributed by atoms with Gasteiger partial charge in [0.25, 0.3) is 0 Å². The zero-order valence-electron chi connectivity index (χ0n) is 10.7. The molecule has 7 nitrogen and oxygen atoms in total. The van der Waals surface area contributed by atoms with E-state index in [1.807, 2.05) is 0 Å². The lowest BCUT2D eigenvalue weighted by atomic mass is 9.80. The van der Waals surface area contributed by atoms with Crippen molar-refractivity contribution in [2.45, 2.75) is 29.8 Å². The average molecular weight is 300 g/mol. The van der Waals surface area contributed by atoms with Gasteiger partial charge in [-0.05, 0) is 37.5 Å². The van der Waals surface area contributed by atoms with E-state index in [0.717, 1.165) is 12.5 Å². The van der Waals surface area contributed by atoms with Crippen molar-refractivity contribution in [2.75, 3.05) is 11.9 Å². The molecule has 110 valence electrons. The Balaban J connectivity index is 2.26. The van der Waals surface area contributed by atoms with Gasteiger partial charge in [-0.1, -0.05) is 0 Å². The maximum atomic E-state index is 11.2. The van der Waals surface area contributed by atoms with Crippen molar-refractivity contribution in [2.24, 2.45) is 5.14 Å². The minimum Gasteiger partial charge on any atom is -0.478 e. The summed E-state index contributed by atoms with van der Waals surface area (Å²) in [4.78, 5) is 10.9. The third-order valence-electron chi connectivity index (χ3n) is 3.44. The molecule has 0 amide bonds. The third kappa shape index (κ3) is 3.09. The van der Waals surface area contributed by atoms with E-state index in [1.165, 1.54) is 12.1 Å². The Bertz CT molecular complexity index is 637. The second kappa shape index (κ2) is 5.04. The maximum Gasteiger partial charge on any atom is 0.337 e. The highest BCUT2D eigenvalue weighted by Gasteiger charge is 2.34. The van der Waals surface area contributed by atoms with Gasteiger partial charge >= 0.3 is 5.97 Å². The molecule has 1 aliphatic carbocycles. The molecule has 0 atom stereocenters. The van der Waals surface area contributed by atoms with Crippen LogP contribution in [0, 0.1) is 0 Å². The number of hydrogen-bond donors (Lipinski definition) is 4. The van der Waals surface area contributed by atoms with Gasteiger partial charge in [-0.25, -0.2) is 18.4 Å². The Labute approximate surface area is 116 Å². The summed E-state index contributed by atoms with van der Waals surface area (Å²) in [6.45, 7) is 0.224. The molecule has 1 aliphatic rings. The molecule has 5 N–H and O–H groups in total. The fraction of sp³-hybridized carbons (Fsp3) is 0.417. The molecule has 0 heterocycles. The third-order valence-corrected chi connectivity index (χ3v) is 4.35.